The molecule has 1 aromatic rings. The minimum atomic E-state index is -4.77. The van der Waals surface area contributed by atoms with Crippen LogP contribution >= 0.6 is 0 Å². The van der Waals surface area contributed by atoms with Crippen LogP contribution in [0.25, 0.3) is 0 Å². The van der Waals surface area contributed by atoms with Crippen LogP contribution in [0.4, 0.5) is 13.2 Å². The first-order chi connectivity index (χ1) is 9.98. The molecule has 0 fully saturated rings. The topological polar surface area (TPSA) is 49.8 Å². The lowest BCUT2D eigenvalue weighted by atomic mass is 10.1. The summed E-state index contributed by atoms with van der Waals surface area (Å²) in [7, 11) is 1.54. The van der Waals surface area contributed by atoms with Gasteiger partial charge in [-0.05, 0) is 31.9 Å². The van der Waals surface area contributed by atoms with Crippen LogP contribution < -0.4 is 4.74 Å². The smallest absolute Gasteiger partial charge is 0.406 e. The van der Waals surface area contributed by atoms with E-state index in [-0.39, 0.29) is 31.0 Å². The van der Waals surface area contributed by atoms with Gasteiger partial charge in [-0.3, -0.25) is 4.79 Å². The van der Waals surface area contributed by atoms with Gasteiger partial charge < -0.3 is 14.7 Å². The molecule has 0 spiro atoms. The Morgan fingerprint density at radius 3 is 2.41 bits per heavy atom. The maximum atomic E-state index is 12.3. The first kappa shape index (κ1) is 18.3. The van der Waals surface area contributed by atoms with E-state index in [1.165, 1.54) is 23.1 Å². The molecule has 22 heavy (non-hydrogen) atoms. The lowest BCUT2D eigenvalue weighted by Crippen LogP contribution is -2.39. The molecule has 1 N–H and O–H groups in total. The average molecular weight is 319 g/mol. The highest BCUT2D eigenvalue weighted by atomic mass is 19.4. The Morgan fingerprint density at radius 2 is 1.86 bits per heavy atom. The van der Waals surface area contributed by atoms with Gasteiger partial charge in [0.15, 0.2) is 0 Å². The van der Waals surface area contributed by atoms with Crippen LogP contribution in [0.15, 0.2) is 24.3 Å². The van der Waals surface area contributed by atoms with Crippen molar-refractivity contribution in [1.82, 2.24) is 4.90 Å². The number of nitrogens with zero attached hydrogens (tertiary/aromatic N) is 1. The molecule has 0 aliphatic heterocycles. The van der Waals surface area contributed by atoms with Gasteiger partial charge in [0.05, 0.1) is 5.60 Å². The highest BCUT2D eigenvalue weighted by Gasteiger charge is 2.32. The van der Waals surface area contributed by atoms with E-state index in [1.807, 2.05) is 0 Å². The highest BCUT2D eigenvalue weighted by Crippen LogP contribution is 2.27. The number of para-hydroxylation sites is 1. The molecule has 7 heteroatoms. The third kappa shape index (κ3) is 6.80. The van der Waals surface area contributed by atoms with Gasteiger partial charge in [0, 0.05) is 20.0 Å². The lowest BCUT2D eigenvalue weighted by Gasteiger charge is -2.25. The second-order valence-corrected chi connectivity index (χ2v) is 5.72. The van der Waals surface area contributed by atoms with Crippen molar-refractivity contribution in [2.24, 2.45) is 0 Å². The molecule has 1 amide bonds. The van der Waals surface area contributed by atoms with Crippen molar-refractivity contribution < 1.29 is 27.8 Å². The molecule has 0 aromatic heterocycles. The third-order valence-electron chi connectivity index (χ3n) is 2.86. The SMILES string of the molecule is CN(CC(C)(C)O)C(=O)CCc1ccccc1OC(F)(F)F. The molecule has 0 unspecified atom stereocenters. The summed E-state index contributed by atoms with van der Waals surface area (Å²) in [5.41, 5.74) is -0.716. The van der Waals surface area contributed by atoms with E-state index in [4.69, 9.17) is 0 Å². The molecule has 1 rings (SSSR count). The van der Waals surface area contributed by atoms with Crippen LogP contribution in [0.3, 0.4) is 0 Å². The number of benzene rings is 1. The standard InChI is InChI=1S/C15H20F3NO3/c1-14(2,21)10-19(3)13(20)9-8-11-6-4-5-7-12(11)22-15(16,17)18/h4-7,21H,8-10H2,1-3H3. The molecule has 124 valence electrons. The molecular formula is C15H20F3NO3. The van der Waals surface area contributed by atoms with Crippen molar-refractivity contribution >= 4 is 5.91 Å². The number of amides is 1. The van der Waals surface area contributed by atoms with Crippen molar-refractivity contribution in [2.45, 2.75) is 38.7 Å². The summed E-state index contributed by atoms with van der Waals surface area (Å²) < 4.78 is 40.9. The molecule has 0 aliphatic carbocycles. The summed E-state index contributed by atoms with van der Waals surface area (Å²) in [6.07, 6.45) is -4.61. The first-order valence-electron chi connectivity index (χ1n) is 6.78. The fraction of sp³-hybridized carbons (Fsp3) is 0.533. The van der Waals surface area contributed by atoms with Crippen molar-refractivity contribution in [2.75, 3.05) is 13.6 Å². The predicted molar refractivity (Wildman–Crippen MR) is 75.4 cm³/mol. The van der Waals surface area contributed by atoms with Gasteiger partial charge >= 0.3 is 6.36 Å². The molecule has 4 nitrogen and oxygen atoms in total. The molecule has 1 aromatic carbocycles. The fourth-order valence-electron chi connectivity index (χ4n) is 2.04. The number of halogens is 3. The molecule has 0 aliphatic rings. The van der Waals surface area contributed by atoms with Crippen LogP contribution in [0.1, 0.15) is 25.8 Å². The van der Waals surface area contributed by atoms with Crippen LogP contribution in [-0.2, 0) is 11.2 Å². The zero-order valence-electron chi connectivity index (χ0n) is 12.8. The van der Waals surface area contributed by atoms with Gasteiger partial charge in [-0.2, -0.15) is 0 Å². The Kier molecular flexibility index (Phi) is 5.82. The monoisotopic (exact) mass is 319 g/mol. The zero-order chi connectivity index (χ0) is 17.0. The Morgan fingerprint density at radius 1 is 1.27 bits per heavy atom. The molecule has 0 saturated carbocycles. The average Bonchev–Trinajstić information content (AvgIpc) is 2.33. The fourth-order valence-corrected chi connectivity index (χ4v) is 2.04. The van der Waals surface area contributed by atoms with Crippen LogP contribution in [0, 0.1) is 0 Å². The number of rotatable bonds is 6. The largest absolute Gasteiger partial charge is 0.573 e. The summed E-state index contributed by atoms with van der Waals surface area (Å²) in [5, 5.41) is 9.66. The number of alkyl halides is 3. The molecule has 0 saturated heterocycles. The van der Waals surface area contributed by atoms with Gasteiger partial charge in [0.1, 0.15) is 5.75 Å². The zero-order valence-corrected chi connectivity index (χ0v) is 12.8. The molecular weight excluding hydrogens is 299 g/mol. The Bertz CT molecular complexity index is 509. The lowest BCUT2D eigenvalue weighted by molar-refractivity contribution is -0.274. The van der Waals surface area contributed by atoms with Crippen molar-refractivity contribution in [3.05, 3.63) is 29.8 Å². The Labute approximate surface area is 127 Å². The summed E-state index contributed by atoms with van der Waals surface area (Å²) in [6, 6.07) is 5.73. The maximum Gasteiger partial charge on any atom is 0.573 e. The van der Waals surface area contributed by atoms with Gasteiger partial charge in [0.2, 0.25) is 5.91 Å². The Balaban J connectivity index is 2.67. The maximum absolute atomic E-state index is 12.3. The number of carbonyl (C=O) groups excluding carboxylic acids is 1. The van der Waals surface area contributed by atoms with Crippen molar-refractivity contribution in [1.29, 1.82) is 0 Å². The number of ether oxygens (including phenoxy) is 1. The van der Waals surface area contributed by atoms with Gasteiger partial charge in [-0.15, -0.1) is 13.2 Å². The van der Waals surface area contributed by atoms with E-state index >= 15 is 0 Å². The molecule has 0 heterocycles. The summed E-state index contributed by atoms with van der Waals surface area (Å²) >= 11 is 0. The second kappa shape index (κ2) is 7.00. The van der Waals surface area contributed by atoms with Crippen LogP contribution in [-0.4, -0.2) is 41.5 Å². The van der Waals surface area contributed by atoms with Crippen molar-refractivity contribution in [3.8, 4) is 5.75 Å². The van der Waals surface area contributed by atoms with Gasteiger partial charge in [-0.1, -0.05) is 18.2 Å². The van der Waals surface area contributed by atoms with E-state index in [1.54, 1.807) is 27.0 Å². The van der Waals surface area contributed by atoms with Gasteiger partial charge in [0.25, 0.3) is 0 Å². The highest BCUT2D eigenvalue weighted by molar-refractivity contribution is 5.76. The number of hydrogen-bond acceptors (Lipinski definition) is 3. The van der Waals surface area contributed by atoms with Crippen LogP contribution in [0.5, 0.6) is 5.75 Å². The number of carbonyl (C=O) groups is 1. The summed E-state index contributed by atoms with van der Waals surface area (Å²) in [5.74, 6) is -0.558. The number of hydrogen-bond donors (Lipinski definition) is 1. The third-order valence-corrected chi connectivity index (χ3v) is 2.86. The van der Waals surface area contributed by atoms with E-state index < -0.39 is 12.0 Å². The number of aliphatic hydroxyl groups is 1. The van der Waals surface area contributed by atoms with Crippen molar-refractivity contribution in [3.63, 3.8) is 0 Å². The number of likely N-dealkylation sites (N-methyl/N-ethyl adjacent to an activating group) is 1. The quantitative estimate of drug-likeness (QED) is 0.877. The second-order valence-electron chi connectivity index (χ2n) is 5.72. The van der Waals surface area contributed by atoms with E-state index in [0.717, 1.165) is 0 Å². The predicted octanol–water partition coefficient (Wildman–Crippen LogP) is 2.75. The first-order valence-corrected chi connectivity index (χ1v) is 6.78. The normalized spacial score (nSPS) is 12.1. The van der Waals surface area contributed by atoms with E-state index in [9.17, 15) is 23.1 Å². The number of aryl methyl sites for hydroxylation is 1. The summed E-state index contributed by atoms with van der Waals surface area (Å²) in [6.45, 7) is 3.29. The van der Waals surface area contributed by atoms with E-state index in [0.29, 0.717) is 5.56 Å². The summed E-state index contributed by atoms with van der Waals surface area (Å²) in [4.78, 5) is 13.3. The minimum Gasteiger partial charge on any atom is -0.406 e. The Hall–Kier alpha value is -1.76. The molecule has 0 atom stereocenters. The molecule has 0 radical (unpaired) electrons. The van der Waals surface area contributed by atoms with Gasteiger partial charge in [-0.25, -0.2) is 0 Å². The van der Waals surface area contributed by atoms with Crippen LogP contribution in [0.2, 0.25) is 0 Å². The molecule has 0 bridgehead atoms. The van der Waals surface area contributed by atoms with E-state index in [2.05, 4.69) is 4.74 Å². The minimum absolute atomic E-state index is 0.0326.